The molecule has 0 saturated carbocycles. The molecule has 0 atom stereocenters. The van der Waals surface area contributed by atoms with Crippen LogP contribution in [0.4, 0.5) is 0 Å². The highest BCUT2D eigenvalue weighted by Crippen LogP contribution is 2.20. The van der Waals surface area contributed by atoms with Crippen LogP contribution in [0.25, 0.3) is 0 Å². The van der Waals surface area contributed by atoms with Crippen molar-refractivity contribution >= 4 is 0 Å². The first-order chi connectivity index (χ1) is 29.4. The van der Waals surface area contributed by atoms with Crippen LogP contribution in [-0.2, 0) is 0 Å². The molecular weight excluding hydrogens is 711 g/mol. The average molecular weight is 820 g/mol. The van der Waals surface area contributed by atoms with Gasteiger partial charge in [-0.3, -0.25) is 5.32 Å². The van der Waals surface area contributed by atoms with Crippen LogP contribution in [0.15, 0.2) is 47.9 Å². The van der Waals surface area contributed by atoms with Crippen LogP contribution in [0.3, 0.4) is 0 Å². The molecule has 1 nitrogen and oxygen atoms in total. The van der Waals surface area contributed by atoms with Gasteiger partial charge >= 0.3 is 0 Å². The van der Waals surface area contributed by atoms with Crippen molar-refractivity contribution in [1.82, 2.24) is 5.32 Å². The first kappa shape index (κ1) is 55.8. The summed E-state index contributed by atoms with van der Waals surface area (Å²) in [6.07, 6.45) is 82.6. The lowest BCUT2D eigenvalue weighted by Crippen LogP contribution is -1.89. The Labute approximate surface area is 373 Å². The second-order valence-electron chi connectivity index (χ2n) is 19.2. The normalized spacial score (nSPS) is 13.0. The van der Waals surface area contributed by atoms with Crippen LogP contribution in [-0.4, -0.2) is 0 Å². The third-order valence-electron chi connectivity index (χ3n) is 13.3. The lowest BCUT2D eigenvalue weighted by Gasteiger charge is -2.04. The van der Waals surface area contributed by atoms with Gasteiger partial charge in [-0.15, -0.1) is 0 Å². The molecule has 0 amide bonds. The Balaban J connectivity index is 1.80. The van der Waals surface area contributed by atoms with Crippen LogP contribution >= 0.6 is 0 Å². The van der Waals surface area contributed by atoms with Crippen molar-refractivity contribution in [1.29, 1.82) is 0 Å². The van der Waals surface area contributed by atoms with Crippen molar-refractivity contribution in [2.24, 2.45) is 0 Å². The Morgan fingerprint density at radius 3 is 0.763 bits per heavy atom. The number of unbranched alkanes of at least 4 members (excludes halogenated alkanes) is 46. The van der Waals surface area contributed by atoms with Crippen molar-refractivity contribution in [3.05, 3.63) is 47.9 Å². The van der Waals surface area contributed by atoms with Crippen molar-refractivity contribution in [2.45, 2.75) is 322 Å². The molecule has 0 N–H and O–H groups in total. The van der Waals surface area contributed by atoms with Gasteiger partial charge in [0.15, 0.2) is 0 Å². The molecule has 0 aromatic heterocycles. The number of rotatable bonds is 50. The number of hydrogen-bond donors (Lipinski definition) is 0. The SMILES string of the molecule is CCCCCCCCCCCCCCCCCCCCCCCCCC=CC1=C(C=CCCCCCCCCCCCCCCCCCCCCCCCCC)[N]C=C1. The summed E-state index contributed by atoms with van der Waals surface area (Å²) in [4.78, 5) is 0. The maximum Gasteiger partial charge on any atom is 0.0699 e. The second-order valence-corrected chi connectivity index (χ2v) is 19.2. The van der Waals surface area contributed by atoms with E-state index in [9.17, 15) is 0 Å². The topological polar surface area (TPSA) is 14.1 Å². The van der Waals surface area contributed by atoms with Gasteiger partial charge in [-0.05, 0) is 37.8 Å². The molecule has 0 fully saturated rings. The maximum absolute atomic E-state index is 4.62. The van der Waals surface area contributed by atoms with Gasteiger partial charge in [0.1, 0.15) is 0 Å². The molecule has 1 aliphatic heterocycles. The van der Waals surface area contributed by atoms with E-state index in [1.165, 1.54) is 314 Å². The van der Waals surface area contributed by atoms with Crippen molar-refractivity contribution in [2.75, 3.05) is 0 Å². The highest BCUT2D eigenvalue weighted by atomic mass is 14.9. The molecule has 0 aromatic rings. The van der Waals surface area contributed by atoms with E-state index in [2.05, 4.69) is 49.5 Å². The third-order valence-corrected chi connectivity index (χ3v) is 13.3. The van der Waals surface area contributed by atoms with E-state index in [4.69, 9.17) is 0 Å². The molecule has 59 heavy (non-hydrogen) atoms. The summed E-state index contributed by atoms with van der Waals surface area (Å²) in [5.41, 5.74) is 2.44. The largest absolute Gasteiger partial charge is 0.256 e. The molecule has 0 aromatic carbocycles. The van der Waals surface area contributed by atoms with E-state index in [0.29, 0.717) is 0 Å². The molecule has 1 radical (unpaired) electrons. The van der Waals surface area contributed by atoms with Crippen LogP contribution in [0.2, 0.25) is 0 Å². The molecule has 1 rings (SSSR count). The highest BCUT2D eigenvalue weighted by Gasteiger charge is 2.04. The van der Waals surface area contributed by atoms with E-state index in [1.807, 2.05) is 6.20 Å². The first-order valence-electron chi connectivity index (χ1n) is 27.8. The zero-order valence-corrected chi connectivity index (χ0v) is 40.9. The van der Waals surface area contributed by atoms with Gasteiger partial charge in [0.25, 0.3) is 0 Å². The molecule has 0 aliphatic carbocycles. The molecular formula is C58H108N. The van der Waals surface area contributed by atoms with Gasteiger partial charge in [-0.1, -0.05) is 315 Å². The fraction of sp³-hybridized carbons (Fsp3) is 0.862. The predicted molar refractivity (Wildman–Crippen MR) is 270 cm³/mol. The van der Waals surface area contributed by atoms with Crippen LogP contribution in [0, 0.1) is 0 Å². The van der Waals surface area contributed by atoms with Gasteiger partial charge in [-0.25, -0.2) is 0 Å². The fourth-order valence-electron chi connectivity index (χ4n) is 9.14. The summed E-state index contributed by atoms with van der Waals surface area (Å²) >= 11 is 0. The average Bonchev–Trinajstić information content (AvgIpc) is 3.70. The summed E-state index contributed by atoms with van der Waals surface area (Å²) in [7, 11) is 0. The Kier molecular flexibility index (Phi) is 46.7. The number of allylic oxidation sites excluding steroid dienone is 6. The molecule has 0 unspecified atom stereocenters. The van der Waals surface area contributed by atoms with Crippen LogP contribution in [0.5, 0.6) is 0 Å². The van der Waals surface area contributed by atoms with Gasteiger partial charge in [-0.2, -0.15) is 0 Å². The number of nitrogens with zero attached hydrogens (tertiary/aromatic N) is 1. The molecule has 0 saturated heterocycles. The van der Waals surface area contributed by atoms with Crippen molar-refractivity contribution in [3.8, 4) is 0 Å². The predicted octanol–water partition coefficient (Wildman–Crippen LogP) is 21.2. The molecule has 0 bridgehead atoms. The maximum atomic E-state index is 4.62. The molecule has 1 heterocycles. The van der Waals surface area contributed by atoms with Gasteiger partial charge in [0.05, 0.1) is 5.70 Å². The second kappa shape index (κ2) is 49.4. The summed E-state index contributed by atoms with van der Waals surface area (Å²) in [5, 5.41) is 4.62. The summed E-state index contributed by atoms with van der Waals surface area (Å²) in [6.45, 7) is 4.62. The minimum absolute atomic E-state index is 1.15. The van der Waals surface area contributed by atoms with Gasteiger partial charge in [0, 0.05) is 11.8 Å². The standard InChI is InChI=1S/C58H108N/c1-3-5-7-9-11-13-15-17-19-21-23-25-27-29-31-33-35-37-39-41-43-45-47-49-51-53-57-55-56-59-58(57)54-52-50-48-46-44-42-40-38-36-34-32-30-28-26-24-22-20-18-16-14-12-10-8-6-4-2/h51-56H,3-50H2,1-2H3. The highest BCUT2D eigenvalue weighted by molar-refractivity contribution is 5.44. The van der Waals surface area contributed by atoms with Gasteiger partial charge < -0.3 is 0 Å². The minimum atomic E-state index is 1.15. The third kappa shape index (κ3) is 43.2. The fourth-order valence-corrected chi connectivity index (χ4v) is 9.14. The van der Waals surface area contributed by atoms with Crippen molar-refractivity contribution < 1.29 is 0 Å². The van der Waals surface area contributed by atoms with E-state index in [1.54, 1.807) is 0 Å². The smallest absolute Gasteiger partial charge is 0.0699 e. The lowest BCUT2D eigenvalue weighted by molar-refractivity contribution is 0.518. The molecule has 1 heteroatoms. The monoisotopic (exact) mass is 819 g/mol. The lowest BCUT2D eigenvalue weighted by atomic mass is 10.0. The van der Waals surface area contributed by atoms with Crippen LogP contribution in [0.1, 0.15) is 322 Å². The zero-order chi connectivity index (χ0) is 42.0. The van der Waals surface area contributed by atoms with E-state index < -0.39 is 0 Å². The minimum Gasteiger partial charge on any atom is -0.256 e. The first-order valence-corrected chi connectivity index (χ1v) is 27.8. The Hall–Kier alpha value is -1.24. The molecule has 1 aliphatic rings. The molecule has 0 spiro atoms. The summed E-state index contributed by atoms with van der Waals surface area (Å²) in [6, 6.07) is 0. The Morgan fingerprint density at radius 1 is 0.288 bits per heavy atom. The summed E-state index contributed by atoms with van der Waals surface area (Å²) in [5.74, 6) is 0. The van der Waals surface area contributed by atoms with E-state index in [0.717, 1.165) is 5.70 Å². The molecule has 345 valence electrons. The van der Waals surface area contributed by atoms with Crippen LogP contribution < -0.4 is 5.32 Å². The quantitative estimate of drug-likeness (QED) is 0.0543. The Morgan fingerprint density at radius 2 is 0.508 bits per heavy atom. The van der Waals surface area contributed by atoms with E-state index in [-0.39, 0.29) is 0 Å². The number of hydrogen-bond acceptors (Lipinski definition) is 0. The van der Waals surface area contributed by atoms with Gasteiger partial charge in [0.2, 0.25) is 0 Å². The Bertz CT molecular complexity index is 922. The van der Waals surface area contributed by atoms with Crippen molar-refractivity contribution in [3.63, 3.8) is 0 Å². The van der Waals surface area contributed by atoms with E-state index >= 15 is 0 Å². The zero-order valence-electron chi connectivity index (χ0n) is 40.9. The summed E-state index contributed by atoms with van der Waals surface area (Å²) < 4.78 is 0.